The molecule has 2 fully saturated rings. The first-order chi connectivity index (χ1) is 10.7. The van der Waals surface area contributed by atoms with Crippen molar-refractivity contribution >= 4 is 5.91 Å². The molecule has 0 N–H and O–H groups in total. The number of amides is 1. The van der Waals surface area contributed by atoms with Gasteiger partial charge >= 0.3 is 0 Å². The van der Waals surface area contributed by atoms with Crippen LogP contribution in [0.4, 0.5) is 0 Å². The fraction of sp³-hybridized carbons (Fsp3) is 0.471. The summed E-state index contributed by atoms with van der Waals surface area (Å²) in [5.41, 5.74) is 1.82. The van der Waals surface area contributed by atoms with Crippen LogP contribution >= 0.6 is 0 Å². The van der Waals surface area contributed by atoms with E-state index < -0.39 is 0 Å². The molecule has 22 heavy (non-hydrogen) atoms. The predicted octanol–water partition coefficient (Wildman–Crippen LogP) is 3.23. The first-order valence-electron chi connectivity index (χ1n) is 7.93. The number of carbonyl (C=O) groups is 1. The zero-order chi connectivity index (χ0) is 15.1. The lowest BCUT2D eigenvalue weighted by molar-refractivity contribution is 0.0710. The van der Waals surface area contributed by atoms with E-state index in [2.05, 4.69) is 10.1 Å². The van der Waals surface area contributed by atoms with E-state index in [9.17, 15) is 4.79 Å². The number of likely N-dealkylation sites (tertiary alicyclic amines) is 1. The van der Waals surface area contributed by atoms with Gasteiger partial charge in [-0.25, -0.2) is 0 Å². The van der Waals surface area contributed by atoms with Gasteiger partial charge in [0.1, 0.15) is 6.04 Å². The molecular formula is C17H19N3O2. The van der Waals surface area contributed by atoms with Crippen molar-refractivity contribution in [3.05, 3.63) is 47.1 Å². The fourth-order valence-electron chi connectivity index (χ4n) is 3.10. The summed E-state index contributed by atoms with van der Waals surface area (Å²) >= 11 is 0. The number of hydrogen-bond acceptors (Lipinski definition) is 4. The van der Waals surface area contributed by atoms with E-state index >= 15 is 0 Å². The van der Waals surface area contributed by atoms with E-state index in [1.54, 1.807) is 0 Å². The normalized spacial score (nSPS) is 21.3. The third-order valence-electron chi connectivity index (χ3n) is 4.46. The largest absolute Gasteiger partial charge is 0.337 e. The van der Waals surface area contributed by atoms with Gasteiger partial charge in [0, 0.05) is 18.0 Å². The molecule has 2 aromatic rings. The average Bonchev–Trinajstić information content (AvgIpc) is 3.07. The summed E-state index contributed by atoms with van der Waals surface area (Å²) in [5, 5.41) is 4.08. The van der Waals surface area contributed by atoms with E-state index in [0.29, 0.717) is 11.8 Å². The number of benzene rings is 1. The third kappa shape index (κ3) is 2.40. The third-order valence-corrected chi connectivity index (χ3v) is 4.46. The van der Waals surface area contributed by atoms with Gasteiger partial charge in [0.2, 0.25) is 5.89 Å². The summed E-state index contributed by atoms with van der Waals surface area (Å²) in [6.07, 6.45) is 4.17. The Hall–Kier alpha value is -2.17. The minimum absolute atomic E-state index is 0.0531. The van der Waals surface area contributed by atoms with Gasteiger partial charge in [-0.2, -0.15) is 4.98 Å². The van der Waals surface area contributed by atoms with Crippen LogP contribution in [0.3, 0.4) is 0 Å². The highest BCUT2D eigenvalue weighted by atomic mass is 16.5. The standard InChI is InChI=1S/C17H19N3O2/c1-11-4-2-5-13(10-11)17(21)20-9-3-6-14(20)16-18-15(19-22-16)12-7-8-12/h2,4-5,10,12,14H,3,6-9H2,1H3. The molecular weight excluding hydrogens is 278 g/mol. The van der Waals surface area contributed by atoms with Crippen LogP contribution < -0.4 is 0 Å². The van der Waals surface area contributed by atoms with Gasteiger partial charge < -0.3 is 9.42 Å². The number of carbonyl (C=O) groups excluding carboxylic acids is 1. The van der Waals surface area contributed by atoms with Crippen molar-refractivity contribution < 1.29 is 9.32 Å². The SMILES string of the molecule is Cc1cccc(C(=O)N2CCCC2c2nc(C3CC3)no2)c1. The molecule has 1 aromatic heterocycles. The number of rotatable bonds is 3. The van der Waals surface area contributed by atoms with Gasteiger partial charge in [0.15, 0.2) is 5.82 Å². The summed E-state index contributed by atoms with van der Waals surface area (Å²) in [6, 6.07) is 7.65. The second-order valence-electron chi connectivity index (χ2n) is 6.29. The van der Waals surface area contributed by atoms with Crippen molar-refractivity contribution in [3.63, 3.8) is 0 Å². The summed E-state index contributed by atoms with van der Waals surface area (Å²) in [6.45, 7) is 2.75. The highest BCUT2D eigenvalue weighted by Gasteiger charge is 2.36. The number of hydrogen-bond donors (Lipinski definition) is 0. The predicted molar refractivity (Wildman–Crippen MR) is 80.5 cm³/mol. The smallest absolute Gasteiger partial charge is 0.254 e. The van der Waals surface area contributed by atoms with Gasteiger partial charge in [-0.05, 0) is 44.7 Å². The average molecular weight is 297 g/mol. The van der Waals surface area contributed by atoms with E-state index in [1.807, 2.05) is 36.1 Å². The molecule has 114 valence electrons. The Balaban J connectivity index is 1.58. The number of aromatic nitrogens is 2. The molecule has 1 amide bonds. The molecule has 2 heterocycles. The van der Waals surface area contributed by atoms with Crippen LogP contribution in [-0.4, -0.2) is 27.5 Å². The molecule has 1 saturated heterocycles. The van der Waals surface area contributed by atoms with E-state index in [0.717, 1.165) is 49.2 Å². The number of nitrogens with zero attached hydrogens (tertiary/aromatic N) is 3. The van der Waals surface area contributed by atoms with Crippen molar-refractivity contribution in [2.75, 3.05) is 6.54 Å². The van der Waals surface area contributed by atoms with E-state index in [4.69, 9.17) is 4.52 Å². The van der Waals surface area contributed by atoms with Crippen LogP contribution in [0.25, 0.3) is 0 Å². The van der Waals surface area contributed by atoms with Crippen LogP contribution in [0.5, 0.6) is 0 Å². The lowest BCUT2D eigenvalue weighted by Gasteiger charge is -2.22. The molecule has 1 unspecified atom stereocenters. The lowest BCUT2D eigenvalue weighted by atomic mass is 10.1. The maximum Gasteiger partial charge on any atom is 0.254 e. The quantitative estimate of drug-likeness (QED) is 0.872. The molecule has 2 aliphatic rings. The molecule has 1 aliphatic heterocycles. The zero-order valence-electron chi connectivity index (χ0n) is 12.7. The van der Waals surface area contributed by atoms with E-state index in [1.165, 1.54) is 0 Å². The summed E-state index contributed by atoms with van der Waals surface area (Å²) in [7, 11) is 0. The molecule has 5 heteroatoms. The van der Waals surface area contributed by atoms with Gasteiger partial charge in [0.05, 0.1) is 0 Å². The Morgan fingerprint density at radius 1 is 1.32 bits per heavy atom. The van der Waals surface area contributed by atoms with Crippen molar-refractivity contribution in [1.29, 1.82) is 0 Å². The van der Waals surface area contributed by atoms with Crippen molar-refractivity contribution in [2.24, 2.45) is 0 Å². The summed E-state index contributed by atoms with van der Waals surface area (Å²) < 4.78 is 5.43. The van der Waals surface area contributed by atoms with Crippen LogP contribution in [-0.2, 0) is 0 Å². The minimum Gasteiger partial charge on any atom is -0.337 e. The maximum atomic E-state index is 12.8. The molecule has 0 spiro atoms. The fourth-order valence-corrected chi connectivity index (χ4v) is 3.10. The highest BCUT2D eigenvalue weighted by Crippen LogP contribution is 2.40. The minimum atomic E-state index is -0.0759. The van der Waals surface area contributed by atoms with Crippen LogP contribution in [0.1, 0.15) is 65.3 Å². The molecule has 1 atom stereocenters. The van der Waals surface area contributed by atoms with Crippen LogP contribution in [0, 0.1) is 6.92 Å². The van der Waals surface area contributed by atoms with Gasteiger partial charge in [-0.15, -0.1) is 0 Å². The topological polar surface area (TPSA) is 59.2 Å². The van der Waals surface area contributed by atoms with E-state index in [-0.39, 0.29) is 11.9 Å². The Kier molecular flexibility index (Phi) is 3.21. The molecule has 5 nitrogen and oxygen atoms in total. The van der Waals surface area contributed by atoms with Gasteiger partial charge in [-0.1, -0.05) is 22.9 Å². The van der Waals surface area contributed by atoms with Crippen LogP contribution in [0.2, 0.25) is 0 Å². The Labute approximate surface area is 129 Å². The Morgan fingerprint density at radius 3 is 2.95 bits per heavy atom. The molecule has 1 aromatic carbocycles. The molecule has 4 rings (SSSR count). The Bertz CT molecular complexity index is 705. The molecule has 1 aliphatic carbocycles. The monoisotopic (exact) mass is 297 g/mol. The molecule has 1 saturated carbocycles. The van der Waals surface area contributed by atoms with Crippen molar-refractivity contribution in [1.82, 2.24) is 15.0 Å². The van der Waals surface area contributed by atoms with Crippen molar-refractivity contribution in [2.45, 2.75) is 44.6 Å². The zero-order valence-corrected chi connectivity index (χ0v) is 12.7. The first-order valence-corrected chi connectivity index (χ1v) is 7.93. The lowest BCUT2D eigenvalue weighted by Crippen LogP contribution is -2.30. The van der Waals surface area contributed by atoms with Crippen LogP contribution in [0.15, 0.2) is 28.8 Å². The second kappa shape index (κ2) is 5.23. The van der Waals surface area contributed by atoms with Gasteiger partial charge in [0.25, 0.3) is 5.91 Å². The summed E-state index contributed by atoms with van der Waals surface area (Å²) in [4.78, 5) is 19.2. The van der Waals surface area contributed by atoms with Crippen molar-refractivity contribution in [3.8, 4) is 0 Å². The number of aryl methyl sites for hydroxylation is 1. The first kappa shape index (κ1) is 13.5. The second-order valence-corrected chi connectivity index (χ2v) is 6.29. The Morgan fingerprint density at radius 2 is 2.18 bits per heavy atom. The molecule has 0 radical (unpaired) electrons. The summed E-state index contributed by atoms with van der Waals surface area (Å²) in [5.74, 6) is 1.93. The highest BCUT2D eigenvalue weighted by molar-refractivity contribution is 5.94. The van der Waals surface area contributed by atoms with Gasteiger partial charge in [-0.3, -0.25) is 4.79 Å². The molecule has 0 bridgehead atoms. The maximum absolute atomic E-state index is 12.8.